The Bertz CT molecular complexity index is 554. The first-order chi connectivity index (χ1) is 9.69. The van der Waals surface area contributed by atoms with Crippen molar-refractivity contribution in [3.05, 3.63) is 47.7 Å². The summed E-state index contributed by atoms with van der Waals surface area (Å²) in [4.78, 5) is 13.7. The third-order valence-electron chi connectivity index (χ3n) is 2.74. The van der Waals surface area contributed by atoms with Crippen molar-refractivity contribution >= 4 is 11.8 Å². The maximum atomic E-state index is 12.1. The number of hydrogen-bond donors (Lipinski definition) is 2. The first-order valence-electron chi connectivity index (χ1n) is 6.33. The van der Waals surface area contributed by atoms with E-state index in [1.807, 2.05) is 30.3 Å². The van der Waals surface area contributed by atoms with Crippen LogP contribution in [0.3, 0.4) is 0 Å². The van der Waals surface area contributed by atoms with Gasteiger partial charge in [0.2, 0.25) is 0 Å². The van der Waals surface area contributed by atoms with Gasteiger partial charge in [-0.3, -0.25) is 5.32 Å². The van der Waals surface area contributed by atoms with Crippen LogP contribution in [0.2, 0.25) is 0 Å². The van der Waals surface area contributed by atoms with Crippen LogP contribution in [0.1, 0.15) is 11.3 Å². The van der Waals surface area contributed by atoms with Crippen molar-refractivity contribution in [1.82, 2.24) is 10.1 Å². The van der Waals surface area contributed by atoms with Crippen LogP contribution in [-0.4, -0.2) is 34.3 Å². The highest BCUT2D eigenvalue weighted by atomic mass is 16.5. The summed E-state index contributed by atoms with van der Waals surface area (Å²) in [5, 5.41) is 15.4. The molecular formula is C14H17N3O3. The van der Waals surface area contributed by atoms with Crippen molar-refractivity contribution in [1.29, 1.82) is 0 Å². The van der Waals surface area contributed by atoms with Gasteiger partial charge in [0, 0.05) is 19.2 Å². The van der Waals surface area contributed by atoms with E-state index < -0.39 is 0 Å². The Morgan fingerprint density at radius 1 is 1.40 bits per heavy atom. The van der Waals surface area contributed by atoms with Crippen molar-refractivity contribution in [2.24, 2.45) is 0 Å². The Balaban J connectivity index is 2.02. The molecule has 0 fully saturated rings. The van der Waals surface area contributed by atoms with E-state index in [0.29, 0.717) is 18.1 Å². The van der Waals surface area contributed by atoms with E-state index in [0.717, 1.165) is 5.56 Å². The molecule has 0 aliphatic carbocycles. The summed E-state index contributed by atoms with van der Waals surface area (Å²) in [6.07, 6.45) is 0. The second-order valence-electron chi connectivity index (χ2n) is 4.38. The van der Waals surface area contributed by atoms with Crippen LogP contribution in [0.15, 0.2) is 40.9 Å². The SMILES string of the molecule is Cc1cc(NC(=O)N(CCO)Cc2ccccc2)no1. The number of aryl methyl sites for hydroxylation is 1. The number of urea groups is 1. The van der Waals surface area contributed by atoms with Gasteiger partial charge < -0.3 is 14.5 Å². The van der Waals surface area contributed by atoms with Gasteiger partial charge in [0.15, 0.2) is 5.82 Å². The van der Waals surface area contributed by atoms with E-state index in [1.165, 1.54) is 4.90 Å². The molecule has 0 atom stereocenters. The summed E-state index contributed by atoms with van der Waals surface area (Å²) in [6.45, 7) is 2.32. The summed E-state index contributed by atoms with van der Waals surface area (Å²) in [6, 6.07) is 10.9. The number of carbonyl (C=O) groups excluding carboxylic acids is 1. The van der Waals surface area contributed by atoms with Crippen molar-refractivity contribution in [2.75, 3.05) is 18.5 Å². The summed E-state index contributed by atoms with van der Waals surface area (Å²) in [7, 11) is 0. The molecule has 0 aliphatic rings. The molecule has 20 heavy (non-hydrogen) atoms. The molecule has 0 unspecified atom stereocenters. The van der Waals surface area contributed by atoms with E-state index in [1.54, 1.807) is 13.0 Å². The van der Waals surface area contributed by atoms with Crippen LogP contribution in [0.4, 0.5) is 10.6 Å². The smallest absolute Gasteiger partial charge is 0.323 e. The van der Waals surface area contributed by atoms with E-state index in [9.17, 15) is 4.79 Å². The summed E-state index contributed by atoms with van der Waals surface area (Å²) in [5.74, 6) is 0.987. The molecule has 0 aliphatic heterocycles. The quantitative estimate of drug-likeness (QED) is 0.875. The number of carbonyl (C=O) groups is 1. The zero-order valence-corrected chi connectivity index (χ0v) is 11.2. The minimum atomic E-state index is -0.323. The maximum Gasteiger partial charge on any atom is 0.323 e. The number of aliphatic hydroxyl groups excluding tert-OH is 1. The number of nitrogens with zero attached hydrogens (tertiary/aromatic N) is 2. The standard InChI is InChI=1S/C14H17N3O3/c1-11-9-13(16-20-11)15-14(19)17(7-8-18)10-12-5-3-2-4-6-12/h2-6,9,18H,7-8,10H2,1H3,(H,15,16,19). The second kappa shape index (κ2) is 6.72. The van der Waals surface area contributed by atoms with Crippen LogP contribution in [-0.2, 0) is 6.54 Å². The van der Waals surface area contributed by atoms with E-state index in [2.05, 4.69) is 10.5 Å². The lowest BCUT2D eigenvalue weighted by Gasteiger charge is -2.21. The third kappa shape index (κ3) is 3.83. The topological polar surface area (TPSA) is 78.6 Å². The second-order valence-corrected chi connectivity index (χ2v) is 4.38. The van der Waals surface area contributed by atoms with Crippen molar-refractivity contribution in [3.8, 4) is 0 Å². The fraction of sp³-hybridized carbons (Fsp3) is 0.286. The van der Waals surface area contributed by atoms with E-state index in [4.69, 9.17) is 9.63 Å². The van der Waals surface area contributed by atoms with Gasteiger partial charge in [-0.1, -0.05) is 35.5 Å². The molecule has 106 valence electrons. The molecule has 1 aromatic carbocycles. The molecule has 0 saturated heterocycles. The van der Waals surface area contributed by atoms with Crippen molar-refractivity contribution < 1.29 is 14.4 Å². The summed E-state index contributed by atoms with van der Waals surface area (Å²) in [5.41, 5.74) is 0.993. The van der Waals surface area contributed by atoms with Crippen LogP contribution in [0.5, 0.6) is 0 Å². The fourth-order valence-corrected chi connectivity index (χ4v) is 1.79. The van der Waals surface area contributed by atoms with Crippen LogP contribution >= 0.6 is 0 Å². The number of amides is 2. The van der Waals surface area contributed by atoms with E-state index in [-0.39, 0.29) is 19.2 Å². The fourth-order valence-electron chi connectivity index (χ4n) is 1.79. The van der Waals surface area contributed by atoms with Gasteiger partial charge in [0.05, 0.1) is 6.61 Å². The molecule has 0 bridgehead atoms. The zero-order valence-electron chi connectivity index (χ0n) is 11.2. The third-order valence-corrected chi connectivity index (χ3v) is 2.74. The predicted molar refractivity (Wildman–Crippen MR) is 74.2 cm³/mol. The molecular weight excluding hydrogens is 258 g/mol. The number of anilines is 1. The van der Waals surface area contributed by atoms with Crippen molar-refractivity contribution in [2.45, 2.75) is 13.5 Å². The Hall–Kier alpha value is -2.34. The predicted octanol–water partition coefficient (Wildman–Crippen LogP) is 2.01. The number of nitrogens with one attached hydrogen (secondary N) is 1. The Morgan fingerprint density at radius 3 is 2.75 bits per heavy atom. The Labute approximate surface area is 117 Å². The zero-order chi connectivity index (χ0) is 14.4. The van der Waals surface area contributed by atoms with Crippen LogP contribution in [0.25, 0.3) is 0 Å². The lowest BCUT2D eigenvalue weighted by molar-refractivity contribution is 0.185. The van der Waals surface area contributed by atoms with Gasteiger partial charge >= 0.3 is 6.03 Å². The number of aliphatic hydroxyl groups is 1. The number of aromatic nitrogens is 1. The molecule has 0 saturated carbocycles. The van der Waals surface area contributed by atoms with Gasteiger partial charge in [-0.25, -0.2) is 4.79 Å². The highest BCUT2D eigenvalue weighted by Gasteiger charge is 2.15. The molecule has 2 N–H and O–H groups in total. The van der Waals surface area contributed by atoms with Crippen LogP contribution < -0.4 is 5.32 Å². The van der Waals surface area contributed by atoms with Crippen LogP contribution in [0, 0.1) is 6.92 Å². The number of hydrogen-bond acceptors (Lipinski definition) is 4. The Morgan fingerprint density at radius 2 is 2.15 bits per heavy atom. The normalized spacial score (nSPS) is 10.3. The lowest BCUT2D eigenvalue weighted by Crippen LogP contribution is -2.36. The monoisotopic (exact) mass is 275 g/mol. The lowest BCUT2D eigenvalue weighted by atomic mass is 10.2. The number of benzene rings is 1. The number of rotatable bonds is 5. The van der Waals surface area contributed by atoms with Gasteiger partial charge in [-0.2, -0.15) is 0 Å². The summed E-state index contributed by atoms with van der Waals surface area (Å²) < 4.78 is 4.89. The molecule has 1 aromatic heterocycles. The maximum absolute atomic E-state index is 12.1. The molecule has 2 rings (SSSR count). The Kier molecular flexibility index (Phi) is 4.73. The van der Waals surface area contributed by atoms with E-state index >= 15 is 0 Å². The molecule has 0 radical (unpaired) electrons. The average molecular weight is 275 g/mol. The minimum absolute atomic E-state index is 0.0991. The highest BCUT2D eigenvalue weighted by molar-refractivity contribution is 5.88. The average Bonchev–Trinajstić information content (AvgIpc) is 2.85. The van der Waals surface area contributed by atoms with Crippen molar-refractivity contribution in [3.63, 3.8) is 0 Å². The summed E-state index contributed by atoms with van der Waals surface area (Å²) >= 11 is 0. The molecule has 1 heterocycles. The first-order valence-corrected chi connectivity index (χ1v) is 6.33. The van der Waals surface area contributed by atoms with Gasteiger partial charge in [-0.05, 0) is 12.5 Å². The molecule has 6 nitrogen and oxygen atoms in total. The molecule has 6 heteroatoms. The minimum Gasteiger partial charge on any atom is -0.395 e. The highest BCUT2D eigenvalue weighted by Crippen LogP contribution is 2.10. The largest absolute Gasteiger partial charge is 0.395 e. The molecule has 2 aromatic rings. The molecule has 0 spiro atoms. The van der Waals surface area contributed by atoms with Gasteiger partial charge in [-0.15, -0.1) is 0 Å². The van der Waals surface area contributed by atoms with Gasteiger partial charge in [0.1, 0.15) is 5.76 Å². The first kappa shape index (κ1) is 14.1. The van der Waals surface area contributed by atoms with Gasteiger partial charge in [0.25, 0.3) is 0 Å². The molecule has 2 amide bonds.